The van der Waals surface area contributed by atoms with Crippen molar-refractivity contribution in [1.29, 1.82) is 0 Å². The maximum absolute atomic E-state index is 2.33. The fraction of sp³-hybridized carbons (Fsp3) is 0.143. The van der Waals surface area contributed by atoms with Crippen molar-refractivity contribution in [3.63, 3.8) is 0 Å². The quantitative estimate of drug-likeness (QED) is 0.265. The Hall–Kier alpha value is -3.12. The van der Waals surface area contributed by atoms with Crippen LogP contribution in [-0.4, -0.2) is 0 Å². The molecule has 0 radical (unpaired) electrons. The summed E-state index contributed by atoms with van der Waals surface area (Å²) in [6.45, 7) is 6.95. The van der Waals surface area contributed by atoms with Crippen molar-refractivity contribution in [2.75, 3.05) is 0 Å². The van der Waals surface area contributed by atoms with E-state index in [1.165, 1.54) is 49.0 Å². The average Bonchev–Trinajstić information content (AvgIpc) is 2.70. The molecule has 0 saturated carbocycles. The van der Waals surface area contributed by atoms with Crippen LogP contribution in [0.5, 0.6) is 0 Å². The number of rotatable bonds is 1. The number of fused-ring (bicyclic) bond motifs is 3. The van der Waals surface area contributed by atoms with Gasteiger partial charge in [0.05, 0.1) is 0 Å². The van der Waals surface area contributed by atoms with Crippen LogP contribution in [0.25, 0.3) is 43.4 Å². The van der Waals surface area contributed by atoms with E-state index >= 15 is 0 Å². The molecule has 0 aromatic heterocycles. The first kappa shape index (κ1) is 17.0. The molecule has 0 N–H and O–H groups in total. The molecule has 28 heavy (non-hydrogen) atoms. The maximum Gasteiger partial charge on any atom is -0.00264 e. The lowest BCUT2D eigenvalue weighted by Crippen LogP contribution is -2.13. The van der Waals surface area contributed by atoms with E-state index in [1.54, 1.807) is 0 Å². The molecule has 0 saturated heterocycles. The van der Waals surface area contributed by atoms with Crippen LogP contribution in [0.3, 0.4) is 0 Å². The monoisotopic (exact) mass is 360 g/mol. The van der Waals surface area contributed by atoms with E-state index in [0.29, 0.717) is 0 Å². The van der Waals surface area contributed by atoms with Crippen LogP contribution in [0.15, 0.2) is 91.0 Å². The summed E-state index contributed by atoms with van der Waals surface area (Å²) in [4.78, 5) is 0. The van der Waals surface area contributed by atoms with Crippen LogP contribution < -0.4 is 0 Å². The van der Waals surface area contributed by atoms with Gasteiger partial charge in [0.2, 0.25) is 0 Å². The number of benzene rings is 5. The molecule has 0 amide bonds. The Balaban J connectivity index is 1.98. The summed E-state index contributed by atoms with van der Waals surface area (Å²) in [5.41, 5.74) is 4.13. The fourth-order valence-corrected chi connectivity index (χ4v) is 4.59. The van der Waals surface area contributed by atoms with Gasteiger partial charge in [-0.2, -0.15) is 0 Å². The molecule has 0 spiro atoms. The van der Waals surface area contributed by atoms with Gasteiger partial charge < -0.3 is 0 Å². The topological polar surface area (TPSA) is 0 Å². The second kappa shape index (κ2) is 6.21. The lowest BCUT2D eigenvalue weighted by molar-refractivity contribution is 0.601. The zero-order chi connectivity index (χ0) is 19.3. The number of hydrogen-bond acceptors (Lipinski definition) is 0. The van der Waals surface area contributed by atoms with Crippen LogP contribution in [0.2, 0.25) is 0 Å². The van der Waals surface area contributed by atoms with Gasteiger partial charge in [0.25, 0.3) is 0 Å². The molecule has 0 bridgehead atoms. The Morgan fingerprint density at radius 3 is 1.57 bits per heavy atom. The molecule has 0 heteroatoms. The Kier molecular flexibility index (Phi) is 3.77. The van der Waals surface area contributed by atoms with Crippen molar-refractivity contribution in [3.8, 4) is 11.1 Å². The Morgan fingerprint density at radius 1 is 0.500 bits per heavy atom. The molecule has 5 aromatic carbocycles. The fourth-order valence-electron chi connectivity index (χ4n) is 4.59. The average molecular weight is 361 g/mol. The van der Waals surface area contributed by atoms with Crippen LogP contribution in [0.1, 0.15) is 26.3 Å². The lowest BCUT2D eigenvalue weighted by Gasteiger charge is -2.26. The van der Waals surface area contributed by atoms with Crippen molar-refractivity contribution in [1.82, 2.24) is 0 Å². The minimum atomic E-state index is 0.0706. The molecule has 0 aliphatic heterocycles. The largest absolute Gasteiger partial charge is 0.0616 e. The van der Waals surface area contributed by atoms with E-state index in [-0.39, 0.29) is 5.41 Å². The van der Waals surface area contributed by atoms with Gasteiger partial charge in [0, 0.05) is 0 Å². The normalized spacial score (nSPS) is 12.1. The Labute approximate surface area is 166 Å². The molecular weight excluding hydrogens is 336 g/mol. The summed E-state index contributed by atoms with van der Waals surface area (Å²) < 4.78 is 0. The van der Waals surface area contributed by atoms with Crippen molar-refractivity contribution in [2.24, 2.45) is 0 Å². The highest BCUT2D eigenvalue weighted by Crippen LogP contribution is 2.43. The second-order valence-electron chi connectivity index (χ2n) is 8.65. The van der Waals surface area contributed by atoms with Crippen LogP contribution in [0, 0.1) is 0 Å². The molecule has 5 aromatic rings. The standard InChI is InChI=1S/C28H24/c1-28(2,3)27-24-14-8-6-12-22(24)26(23-13-7-9-15-25(23)27)21-17-16-19-10-4-5-11-20(19)18-21/h4-18H,1-3H3. The van der Waals surface area contributed by atoms with Crippen molar-refractivity contribution in [3.05, 3.63) is 96.6 Å². The zero-order valence-electron chi connectivity index (χ0n) is 16.7. The first-order valence-electron chi connectivity index (χ1n) is 9.97. The van der Waals surface area contributed by atoms with E-state index < -0.39 is 0 Å². The predicted octanol–water partition coefficient (Wildman–Crippen LogP) is 8.11. The zero-order valence-corrected chi connectivity index (χ0v) is 16.7. The molecule has 5 rings (SSSR count). The van der Waals surface area contributed by atoms with Crippen molar-refractivity contribution >= 4 is 32.3 Å². The van der Waals surface area contributed by atoms with Crippen molar-refractivity contribution in [2.45, 2.75) is 26.2 Å². The maximum atomic E-state index is 2.33. The summed E-state index contributed by atoms with van der Waals surface area (Å²) in [5.74, 6) is 0. The smallest absolute Gasteiger partial charge is 0.00264 e. The van der Waals surface area contributed by atoms with Gasteiger partial charge in [-0.05, 0) is 60.5 Å². The van der Waals surface area contributed by atoms with Gasteiger partial charge in [0.1, 0.15) is 0 Å². The third-order valence-electron chi connectivity index (χ3n) is 5.72. The molecule has 0 aliphatic rings. The number of hydrogen-bond donors (Lipinski definition) is 0. The summed E-state index contributed by atoms with van der Waals surface area (Å²) in [7, 11) is 0. The molecule has 0 atom stereocenters. The minimum absolute atomic E-state index is 0.0706. The van der Waals surface area contributed by atoms with Crippen LogP contribution in [-0.2, 0) is 5.41 Å². The SMILES string of the molecule is CC(C)(C)c1c2ccccc2c(-c2ccc3ccccc3c2)c2ccccc12. The van der Waals surface area contributed by atoms with Gasteiger partial charge in [-0.15, -0.1) is 0 Å². The lowest BCUT2D eigenvalue weighted by atomic mass is 9.78. The van der Waals surface area contributed by atoms with E-state index in [1.807, 2.05) is 0 Å². The Morgan fingerprint density at radius 2 is 1.00 bits per heavy atom. The molecular formula is C28H24. The highest BCUT2D eigenvalue weighted by molar-refractivity contribution is 6.16. The van der Waals surface area contributed by atoms with Gasteiger partial charge >= 0.3 is 0 Å². The molecule has 0 unspecified atom stereocenters. The van der Waals surface area contributed by atoms with Crippen LogP contribution >= 0.6 is 0 Å². The first-order chi connectivity index (χ1) is 13.5. The summed E-state index contributed by atoms with van der Waals surface area (Å²) in [6, 6.07) is 33.2. The molecule has 0 aliphatic carbocycles. The highest BCUT2D eigenvalue weighted by atomic mass is 14.3. The van der Waals surface area contributed by atoms with Crippen molar-refractivity contribution < 1.29 is 0 Å². The minimum Gasteiger partial charge on any atom is -0.0616 e. The third-order valence-corrected chi connectivity index (χ3v) is 5.72. The summed E-state index contributed by atoms with van der Waals surface area (Å²) in [6.07, 6.45) is 0. The second-order valence-corrected chi connectivity index (χ2v) is 8.65. The van der Waals surface area contributed by atoms with Gasteiger partial charge in [0.15, 0.2) is 0 Å². The van der Waals surface area contributed by atoms with Gasteiger partial charge in [-0.1, -0.05) is 106 Å². The van der Waals surface area contributed by atoms with E-state index in [9.17, 15) is 0 Å². The Bertz CT molecular complexity index is 1280. The van der Waals surface area contributed by atoms with Gasteiger partial charge in [-0.3, -0.25) is 0 Å². The molecule has 0 nitrogen and oxygen atoms in total. The van der Waals surface area contributed by atoms with E-state index in [4.69, 9.17) is 0 Å². The predicted molar refractivity (Wildman–Crippen MR) is 123 cm³/mol. The molecule has 136 valence electrons. The van der Waals surface area contributed by atoms with E-state index in [0.717, 1.165) is 0 Å². The highest BCUT2D eigenvalue weighted by Gasteiger charge is 2.23. The third kappa shape index (κ3) is 2.60. The van der Waals surface area contributed by atoms with Gasteiger partial charge in [-0.25, -0.2) is 0 Å². The summed E-state index contributed by atoms with van der Waals surface area (Å²) >= 11 is 0. The summed E-state index contributed by atoms with van der Waals surface area (Å²) in [5, 5.41) is 7.95. The van der Waals surface area contributed by atoms with E-state index in [2.05, 4.69) is 112 Å². The van der Waals surface area contributed by atoms with Crippen LogP contribution in [0.4, 0.5) is 0 Å². The first-order valence-corrected chi connectivity index (χ1v) is 9.97. The molecule has 0 heterocycles. The molecule has 0 fully saturated rings.